The second-order valence-electron chi connectivity index (χ2n) is 7.29. The second kappa shape index (κ2) is 9.02. The summed E-state index contributed by atoms with van der Waals surface area (Å²) in [6.07, 6.45) is 1.61. The van der Waals surface area contributed by atoms with Crippen molar-refractivity contribution in [2.45, 2.75) is 20.0 Å². The number of nitrogens with one attached hydrogen (secondary N) is 1. The third-order valence-electron chi connectivity index (χ3n) is 5.01. The number of carbonyl (C=O) groups is 1. The highest BCUT2D eigenvalue weighted by atomic mass is 16.5. The van der Waals surface area contributed by atoms with Crippen LogP contribution in [0.2, 0.25) is 0 Å². The van der Waals surface area contributed by atoms with E-state index in [1.54, 1.807) is 6.26 Å². The van der Waals surface area contributed by atoms with Crippen LogP contribution < -0.4 is 5.32 Å². The van der Waals surface area contributed by atoms with E-state index in [1.807, 2.05) is 43.3 Å². The van der Waals surface area contributed by atoms with Gasteiger partial charge in [-0.3, -0.25) is 14.6 Å². The molecule has 1 fully saturated rings. The maximum Gasteiger partial charge on any atom is 0.241 e. The molecule has 1 saturated heterocycles. The normalized spacial score (nSPS) is 15.5. The van der Waals surface area contributed by atoms with Crippen LogP contribution in [-0.2, 0) is 17.9 Å². The minimum absolute atomic E-state index is 0.00879. The fourth-order valence-corrected chi connectivity index (χ4v) is 3.29. The standard InChI is InChI=1S/C21H25N5O3/c1-16-4-6-17(7-5-16)21-23-20(29-24-21)15-26-10-8-25(9-11-26)14-19(27)22-13-18-3-2-12-28-18/h2-7,12H,8-11,13-15H2,1H3,(H,22,27). The zero-order valence-corrected chi connectivity index (χ0v) is 16.5. The van der Waals surface area contributed by atoms with E-state index in [0.717, 1.165) is 37.5 Å². The molecule has 0 radical (unpaired) electrons. The van der Waals surface area contributed by atoms with E-state index in [-0.39, 0.29) is 5.91 Å². The summed E-state index contributed by atoms with van der Waals surface area (Å²) < 4.78 is 10.6. The lowest BCUT2D eigenvalue weighted by atomic mass is 10.1. The Morgan fingerprint density at radius 1 is 1.10 bits per heavy atom. The fourth-order valence-electron chi connectivity index (χ4n) is 3.29. The first-order valence-electron chi connectivity index (χ1n) is 9.79. The Morgan fingerprint density at radius 2 is 1.86 bits per heavy atom. The minimum Gasteiger partial charge on any atom is -0.467 e. The molecule has 1 amide bonds. The Morgan fingerprint density at radius 3 is 2.59 bits per heavy atom. The molecular weight excluding hydrogens is 370 g/mol. The molecule has 1 aliphatic heterocycles. The highest BCUT2D eigenvalue weighted by Crippen LogP contribution is 2.17. The van der Waals surface area contributed by atoms with E-state index < -0.39 is 0 Å². The maximum atomic E-state index is 12.1. The summed E-state index contributed by atoms with van der Waals surface area (Å²) in [5.41, 5.74) is 2.15. The zero-order valence-electron chi connectivity index (χ0n) is 16.5. The van der Waals surface area contributed by atoms with Gasteiger partial charge < -0.3 is 14.3 Å². The molecule has 0 saturated carbocycles. The van der Waals surface area contributed by atoms with E-state index in [0.29, 0.717) is 31.3 Å². The molecule has 4 rings (SSSR count). The van der Waals surface area contributed by atoms with Crippen molar-refractivity contribution in [3.8, 4) is 11.4 Å². The van der Waals surface area contributed by atoms with E-state index in [9.17, 15) is 4.79 Å². The summed E-state index contributed by atoms with van der Waals surface area (Å²) in [7, 11) is 0. The van der Waals surface area contributed by atoms with E-state index in [2.05, 4.69) is 25.3 Å². The summed E-state index contributed by atoms with van der Waals surface area (Å²) in [6.45, 7) is 6.85. The lowest BCUT2D eigenvalue weighted by Gasteiger charge is -2.33. The Labute approximate surface area is 169 Å². The number of hydrogen-bond donors (Lipinski definition) is 1. The molecule has 2 aromatic heterocycles. The second-order valence-corrected chi connectivity index (χ2v) is 7.29. The van der Waals surface area contributed by atoms with Crippen LogP contribution in [0.15, 0.2) is 51.6 Å². The van der Waals surface area contributed by atoms with Crippen molar-refractivity contribution in [2.24, 2.45) is 0 Å². The van der Waals surface area contributed by atoms with Crippen molar-refractivity contribution < 1.29 is 13.7 Å². The van der Waals surface area contributed by atoms with Crippen LogP contribution in [0.3, 0.4) is 0 Å². The molecule has 1 aromatic carbocycles. The predicted molar refractivity (Wildman–Crippen MR) is 107 cm³/mol. The van der Waals surface area contributed by atoms with E-state index in [1.165, 1.54) is 5.56 Å². The molecule has 3 heterocycles. The number of rotatable bonds is 7. The van der Waals surface area contributed by atoms with Crippen LogP contribution in [0, 0.1) is 6.92 Å². The van der Waals surface area contributed by atoms with Gasteiger partial charge in [0.25, 0.3) is 0 Å². The van der Waals surface area contributed by atoms with Crippen molar-refractivity contribution in [3.63, 3.8) is 0 Å². The summed E-state index contributed by atoms with van der Waals surface area (Å²) in [6, 6.07) is 11.7. The van der Waals surface area contributed by atoms with Gasteiger partial charge in [0.1, 0.15) is 5.76 Å². The van der Waals surface area contributed by atoms with Crippen LogP contribution >= 0.6 is 0 Å². The van der Waals surface area contributed by atoms with E-state index >= 15 is 0 Å². The van der Waals surface area contributed by atoms with Crippen LogP contribution in [0.4, 0.5) is 0 Å². The fraction of sp³-hybridized carbons (Fsp3) is 0.381. The van der Waals surface area contributed by atoms with Crippen molar-refractivity contribution in [3.05, 3.63) is 59.9 Å². The molecular formula is C21H25N5O3. The summed E-state index contributed by atoms with van der Waals surface area (Å²) >= 11 is 0. The van der Waals surface area contributed by atoms with Gasteiger partial charge in [-0.1, -0.05) is 35.0 Å². The van der Waals surface area contributed by atoms with Crippen molar-refractivity contribution in [1.82, 2.24) is 25.3 Å². The molecule has 1 aliphatic rings. The SMILES string of the molecule is Cc1ccc(-c2noc(CN3CCN(CC(=O)NCc4ccco4)CC3)n2)cc1. The Balaban J connectivity index is 1.21. The first kappa shape index (κ1) is 19.4. The molecule has 8 nitrogen and oxygen atoms in total. The van der Waals surface area contributed by atoms with Gasteiger partial charge in [-0.25, -0.2) is 0 Å². The maximum absolute atomic E-state index is 12.1. The monoisotopic (exact) mass is 395 g/mol. The smallest absolute Gasteiger partial charge is 0.241 e. The number of furan rings is 1. The number of aryl methyl sites for hydroxylation is 1. The van der Waals surface area contributed by atoms with E-state index in [4.69, 9.17) is 8.94 Å². The molecule has 0 aliphatic carbocycles. The van der Waals surface area contributed by atoms with Crippen LogP contribution in [0.25, 0.3) is 11.4 Å². The van der Waals surface area contributed by atoms with Gasteiger partial charge in [0, 0.05) is 31.7 Å². The van der Waals surface area contributed by atoms with Crippen LogP contribution in [0.1, 0.15) is 17.2 Å². The summed E-state index contributed by atoms with van der Waals surface area (Å²) in [4.78, 5) is 21.0. The van der Waals surface area contributed by atoms with Crippen molar-refractivity contribution in [1.29, 1.82) is 0 Å². The quantitative estimate of drug-likeness (QED) is 0.655. The largest absolute Gasteiger partial charge is 0.467 e. The predicted octanol–water partition coefficient (Wildman–Crippen LogP) is 2.07. The average Bonchev–Trinajstić information content (AvgIpc) is 3.41. The Kier molecular flexibility index (Phi) is 6.02. The van der Waals surface area contributed by atoms with Gasteiger partial charge >= 0.3 is 0 Å². The van der Waals surface area contributed by atoms with Crippen LogP contribution in [0.5, 0.6) is 0 Å². The highest BCUT2D eigenvalue weighted by Gasteiger charge is 2.21. The van der Waals surface area contributed by atoms with Gasteiger partial charge in [-0.15, -0.1) is 0 Å². The number of amides is 1. The van der Waals surface area contributed by atoms with Gasteiger partial charge in [0.05, 0.1) is 25.9 Å². The molecule has 0 atom stereocenters. The third-order valence-corrected chi connectivity index (χ3v) is 5.01. The molecule has 29 heavy (non-hydrogen) atoms. The number of carbonyl (C=O) groups excluding carboxylic acids is 1. The first-order chi connectivity index (χ1) is 14.2. The molecule has 0 bridgehead atoms. The molecule has 3 aromatic rings. The average molecular weight is 395 g/mol. The molecule has 0 spiro atoms. The Bertz CT molecular complexity index is 912. The number of nitrogens with zero attached hydrogens (tertiary/aromatic N) is 4. The lowest BCUT2D eigenvalue weighted by Crippen LogP contribution is -2.49. The highest BCUT2D eigenvalue weighted by molar-refractivity contribution is 5.77. The van der Waals surface area contributed by atoms with Gasteiger partial charge in [-0.05, 0) is 19.1 Å². The van der Waals surface area contributed by atoms with Crippen molar-refractivity contribution in [2.75, 3.05) is 32.7 Å². The number of piperazine rings is 1. The van der Waals surface area contributed by atoms with Gasteiger partial charge in [0.2, 0.25) is 17.6 Å². The molecule has 0 unspecified atom stereocenters. The Hall–Kier alpha value is -2.97. The number of aromatic nitrogens is 2. The number of hydrogen-bond acceptors (Lipinski definition) is 7. The minimum atomic E-state index is 0.00879. The third kappa shape index (κ3) is 5.30. The lowest BCUT2D eigenvalue weighted by molar-refractivity contribution is -0.123. The molecule has 152 valence electrons. The van der Waals surface area contributed by atoms with Crippen molar-refractivity contribution >= 4 is 5.91 Å². The first-order valence-corrected chi connectivity index (χ1v) is 9.79. The summed E-state index contributed by atoms with van der Waals surface area (Å²) in [5, 5.41) is 6.98. The topological polar surface area (TPSA) is 87.6 Å². The van der Waals surface area contributed by atoms with Gasteiger partial charge in [-0.2, -0.15) is 4.98 Å². The summed E-state index contributed by atoms with van der Waals surface area (Å²) in [5.74, 6) is 2.00. The zero-order chi connectivity index (χ0) is 20.1. The van der Waals surface area contributed by atoms with Crippen LogP contribution in [-0.4, -0.2) is 58.6 Å². The molecule has 1 N–H and O–H groups in total. The number of benzene rings is 1. The van der Waals surface area contributed by atoms with Gasteiger partial charge in [0.15, 0.2) is 0 Å². The molecule has 8 heteroatoms.